The molecule has 1 aromatic rings. The summed E-state index contributed by atoms with van der Waals surface area (Å²) in [5.41, 5.74) is 1.14. The number of para-hydroxylation sites is 1. The predicted molar refractivity (Wildman–Crippen MR) is 46.6 cm³/mol. The number of benzene rings is 1. The highest BCUT2D eigenvalue weighted by molar-refractivity contribution is 5.51. The second kappa shape index (κ2) is 2.16. The fourth-order valence-electron chi connectivity index (χ4n) is 1.54. The SMILES string of the molecule is CC1(C)COc2c(O)cccc21. The Bertz CT molecular complexity index is 316. The summed E-state index contributed by atoms with van der Waals surface area (Å²) in [7, 11) is 0. The third kappa shape index (κ3) is 0.876. The first-order valence-corrected chi connectivity index (χ1v) is 4.06. The molecule has 2 heteroatoms. The van der Waals surface area contributed by atoms with Crippen molar-refractivity contribution in [3.63, 3.8) is 0 Å². The molecule has 1 aliphatic heterocycles. The molecule has 0 atom stereocenters. The lowest BCUT2D eigenvalue weighted by Crippen LogP contribution is -2.18. The highest BCUT2D eigenvalue weighted by Gasteiger charge is 2.33. The summed E-state index contributed by atoms with van der Waals surface area (Å²) in [4.78, 5) is 0. The van der Waals surface area contributed by atoms with Crippen molar-refractivity contribution in [1.29, 1.82) is 0 Å². The smallest absolute Gasteiger partial charge is 0.164 e. The van der Waals surface area contributed by atoms with Crippen LogP contribution in [-0.2, 0) is 5.41 Å². The minimum Gasteiger partial charge on any atom is -0.504 e. The molecule has 0 saturated heterocycles. The van der Waals surface area contributed by atoms with Gasteiger partial charge in [-0.25, -0.2) is 0 Å². The second-order valence-corrected chi connectivity index (χ2v) is 3.83. The molecule has 0 saturated carbocycles. The lowest BCUT2D eigenvalue weighted by Gasteiger charge is -2.14. The zero-order valence-electron chi connectivity index (χ0n) is 7.29. The summed E-state index contributed by atoms with van der Waals surface area (Å²) in [6.07, 6.45) is 0. The van der Waals surface area contributed by atoms with Gasteiger partial charge in [-0.05, 0) is 6.07 Å². The Morgan fingerprint density at radius 2 is 2.17 bits per heavy atom. The number of fused-ring (bicyclic) bond motifs is 1. The number of rotatable bonds is 0. The molecule has 0 unspecified atom stereocenters. The molecule has 1 heterocycles. The van der Waals surface area contributed by atoms with Crippen LogP contribution in [0.15, 0.2) is 18.2 Å². The first-order chi connectivity index (χ1) is 5.61. The third-order valence-corrected chi connectivity index (χ3v) is 2.30. The first-order valence-electron chi connectivity index (χ1n) is 4.06. The molecular weight excluding hydrogens is 152 g/mol. The van der Waals surface area contributed by atoms with Crippen LogP contribution in [-0.4, -0.2) is 11.7 Å². The van der Waals surface area contributed by atoms with E-state index >= 15 is 0 Å². The minimum absolute atomic E-state index is 0.0358. The van der Waals surface area contributed by atoms with Gasteiger partial charge in [0.25, 0.3) is 0 Å². The van der Waals surface area contributed by atoms with Crippen LogP contribution in [0.3, 0.4) is 0 Å². The molecule has 0 radical (unpaired) electrons. The normalized spacial score (nSPS) is 18.5. The van der Waals surface area contributed by atoms with Crippen molar-refractivity contribution in [2.75, 3.05) is 6.61 Å². The Morgan fingerprint density at radius 3 is 2.83 bits per heavy atom. The summed E-state index contributed by atoms with van der Waals surface area (Å²) in [5, 5.41) is 9.44. The number of hydrogen-bond acceptors (Lipinski definition) is 2. The molecule has 0 fully saturated rings. The molecule has 0 aromatic heterocycles. The van der Waals surface area contributed by atoms with E-state index in [0.29, 0.717) is 12.4 Å². The van der Waals surface area contributed by atoms with Crippen molar-refractivity contribution < 1.29 is 9.84 Å². The molecule has 1 N–H and O–H groups in total. The van der Waals surface area contributed by atoms with Crippen molar-refractivity contribution in [2.24, 2.45) is 0 Å². The molecule has 2 rings (SSSR count). The molecule has 0 bridgehead atoms. The number of hydrogen-bond donors (Lipinski definition) is 1. The monoisotopic (exact) mass is 164 g/mol. The summed E-state index contributed by atoms with van der Waals surface area (Å²) >= 11 is 0. The zero-order chi connectivity index (χ0) is 8.77. The van der Waals surface area contributed by atoms with Crippen LogP contribution < -0.4 is 4.74 Å². The van der Waals surface area contributed by atoms with Gasteiger partial charge < -0.3 is 9.84 Å². The fourth-order valence-corrected chi connectivity index (χ4v) is 1.54. The molecule has 2 nitrogen and oxygen atoms in total. The van der Waals surface area contributed by atoms with Gasteiger partial charge in [-0.15, -0.1) is 0 Å². The third-order valence-electron chi connectivity index (χ3n) is 2.30. The average molecular weight is 164 g/mol. The quantitative estimate of drug-likeness (QED) is 0.636. The largest absolute Gasteiger partial charge is 0.504 e. The van der Waals surface area contributed by atoms with E-state index in [2.05, 4.69) is 13.8 Å². The number of phenolic OH excluding ortho intramolecular Hbond substituents is 1. The Kier molecular flexibility index (Phi) is 1.34. The standard InChI is InChI=1S/C10H12O2/c1-10(2)6-12-9-7(10)4-3-5-8(9)11/h3-5,11H,6H2,1-2H3. The Morgan fingerprint density at radius 1 is 1.42 bits per heavy atom. The number of ether oxygens (including phenoxy) is 1. The van der Waals surface area contributed by atoms with Crippen LogP contribution in [0, 0.1) is 0 Å². The van der Waals surface area contributed by atoms with E-state index in [1.807, 2.05) is 12.1 Å². The summed E-state index contributed by atoms with van der Waals surface area (Å²) in [6, 6.07) is 5.51. The van der Waals surface area contributed by atoms with Gasteiger partial charge >= 0.3 is 0 Å². The first kappa shape index (κ1) is 7.47. The maximum Gasteiger partial charge on any atom is 0.164 e. The van der Waals surface area contributed by atoms with E-state index in [-0.39, 0.29) is 11.2 Å². The zero-order valence-corrected chi connectivity index (χ0v) is 7.29. The van der Waals surface area contributed by atoms with E-state index in [1.165, 1.54) is 0 Å². The van der Waals surface area contributed by atoms with Gasteiger partial charge in [0.1, 0.15) is 0 Å². The van der Waals surface area contributed by atoms with Crippen LogP contribution in [0.25, 0.3) is 0 Å². The van der Waals surface area contributed by atoms with Crippen molar-refractivity contribution in [3.8, 4) is 11.5 Å². The molecule has 0 spiro atoms. The molecule has 1 aromatic carbocycles. The van der Waals surface area contributed by atoms with Crippen molar-refractivity contribution >= 4 is 0 Å². The van der Waals surface area contributed by atoms with Crippen LogP contribution in [0.5, 0.6) is 11.5 Å². The summed E-state index contributed by atoms with van der Waals surface area (Å²) < 4.78 is 5.39. The molecule has 12 heavy (non-hydrogen) atoms. The average Bonchev–Trinajstić information content (AvgIpc) is 2.30. The maximum absolute atomic E-state index is 9.44. The van der Waals surface area contributed by atoms with Gasteiger partial charge in [-0.3, -0.25) is 0 Å². The van der Waals surface area contributed by atoms with Crippen molar-refractivity contribution in [2.45, 2.75) is 19.3 Å². The van der Waals surface area contributed by atoms with Gasteiger partial charge in [0.15, 0.2) is 11.5 Å². The van der Waals surface area contributed by atoms with Gasteiger partial charge in [-0.1, -0.05) is 26.0 Å². The lowest BCUT2D eigenvalue weighted by atomic mass is 9.87. The number of phenols is 1. The second-order valence-electron chi connectivity index (χ2n) is 3.83. The Balaban J connectivity index is 2.61. The maximum atomic E-state index is 9.44. The Labute approximate surface area is 71.8 Å². The lowest BCUT2D eigenvalue weighted by molar-refractivity contribution is 0.281. The van der Waals surface area contributed by atoms with E-state index in [9.17, 15) is 5.11 Å². The summed E-state index contributed by atoms with van der Waals surface area (Å²) in [5.74, 6) is 0.903. The van der Waals surface area contributed by atoms with E-state index in [4.69, 9.17) is 4.74 Å². The summed E-state index contributed by atoms with van der Waals surface area (Å²) in [6.45, 7) is 4.87. The molecule has 0 amide bonds. The van der Waals surface area contributed by atoms with Gasteiger partial charge in [0.05, 0.1) is 6.61 Å². The van der Waals surface area contributed by atoms with Crippen LogP contribution in [0.4, 0.5) is 0 Å². The van der Waals surface area contributed by atoms with Crippen molar-refractivity contribution in [1.82, 2.24) is 0 Å². The Hall–Kier alpha value is -1.18. The van der Waals surface area contributed by atoms with E-state index in [1.54, 1.807) is 6.07 Å². The van der Waals surface area contributed by atoms with E-state index < -0.39 is 0 Å². The van der Waals surface area contributed by atoms with Gasteiger partial charge in [-0.2, -0.15) is 0 Å². The van der Waals surface area contributed by atoms with Crippen molar-refractivity contribution in [3.05, 3.63) is 23.8 Å². The topological polar surface area (TPSA) is 29.5 Å². The molecular formula is C10H12O2. The highest BCUT2D eigenvalue weighted by Crippen LogP contribution is 2.43. The van der Waals surface area contributed by atoms with E-state index in [0.717, 1.165) is 5.56 Å². The molecule has 0 aliphatic carbocycles. The highest BCUT2D eigenvalue weighted by atomic mass is 16.5. The van der Waals surface area contributed by atoms with Crippen LogP contribution >= 0.6 is 0 Å². The van der Waals surface area contributed by atoms with Crippen LogP contribution in [0.1, 0.15) is 19.4 Å². The predicted octanol–water partition coefficient (Wildman–Crippen LogP) is 2.06. The number of aromatic hydroxyl groups is 1. The van der Waals surface area contributed by atoms with Crippen LogP contribution in [0.2, 0.25) is 0 Å². The minimum atomic E-state index is 0.0358. The fraction of sp³-hybridized carbons (Fsp3) is 0.400. The van der Waals surface area contributed by atoms with Gasteiger partial charge in [0.2, 0.25) is 0 Å². The van der Waals surface area contributed by atoms with Gasteiger partial charge in [0, 0.05) is 11.0 Å². The molecule has 1 aliphatic rings. The molecule has 64 valence electrons.